The Morgan fingerprint density at radius 2 is 2.18 bits per heavy atom. The number of benzene rings is 1. The van der Waals surface area contributed by atoms with E-state index >= 15 is 0 Å². The summed E-state index contributed by atoms with van der Waals surface area (Å²) in [5.74, 6) is 0. The summed E-state index contributed by atoms with van der Waals surface area (Å²) in [4.78, 5) is 0. The smallest absolute Gasteiger partial charge is 0.147 e. The standard InChI is InChI=1S/C13H19NO3/c15-13(11-4-2-1-3-5-11)9-14-8-12-6-7-16-10-17-12/h1-5,12-15H,6-10H2. The molecule has 2 rings (SSSR count). The topological polar surface area (TPSA) is 50.7 Å². The molecular formula is C13H19NO3. The van der Waals surface area contributed by atoms with Gasteiger partial charge in [0.15, 0.2) is 0 Å². The second kappa shape index (κ2) is 6.71. The Bertz CT molecular complexity index is 312. The second-order valence-corrected chi connectivity index (χ2v) is 4.19. The maximum atomic E-state index is 9.92. The fraction of sp³-hybridized carbons (Fsp3) is 0.538. The molecule has 1 saturated heterocycles. The Balaban J connectivity index is 1.67. The van der Waals surface area contributed by atoms with E-state index in [4.69, 9.17) is 9.47 Å². The average Bonchev–Trinajstić information content (AvgIpc) is 2.41. The van der Waals surface area contributed by atoms with Gasteiger partial charge in [-0.15, -0.1) is 0 Å². The van der Waals surface area contributed by atoms with Crippen molar-refractivity contribution in [1.29, 1.82) is 0 Å². The lowest BCUT2D eigenvalue weighted by molar-refractivity contribution is -0.137. The Kier molecular flexibility index (Phi) is 4.94. The zero-order valence-corrected chi connectivity index (χ0v) is 9.84. The van der Waals surface area contributed by atoms with Crippen molar-refractivity contribution < 1.29 is 14.6 Å². The Morgan fingerprint density at radius 1 is 1.35 bits per heavy atom. The van der Waals surface area contributed by atoms with E-state index < -0.39 is 6.10 Å². The van der Waals surface area contributed by atoms with E-state index in [2.05, 4.69) is 5.32 Å². The van der Waals surface area contributed by atoms with Crippen LogP contribution in [0.2, 0.25) is 0 Å². The Labute approximate surface area is 102 Å². The van der Waals surface area contributed by atoms with Crippen LogP contribution in [0.15, 0.2) is 30.3 Å². The van der Waals surface area contributed by atoms with Crippen molar-refractivity contribution >= 4 is 0 Å². The second-order valence-electron chi connectivity index (χ2n) is 4.19. The van der Waals surface area contributed by atoms with Gasteiger partial charge < -0.3 is 19.9 Å². The molecule has 0 amide bonds. The van der Waals surface area contributed by atoms with Gasteiger partial charge in [-0.1, -0.05) is 30.3 Å². The first kappa shape index (κ1) is 12.5. The van der Waals surface area contributed by atoms with Crippen LogP contribution < -0.4 is 5.32 Å². The van der Waals surface area contributed by atoms with Gasteiger partial charge in [0.2, 0.25) is 0 Å². The zero-order chi connectivity index (χ0) is 11.9. The third-order valence-corrected chi connectivity index (χ3v) is 2.87. The molecule has 94 valence electrons. The van der Waals surface area contributed by atoms with E-state index in [0.29, 0.717) is 13.3 Å². The van der Waals surface area contributed by atoms with Crippen molar-refractivity contribution in [1.82, 2.24) is 5.32 Å². The zero-order valence-electron chi connectivity index (χ0n) is 9.84. The number of nitrogens with one attached hydrogen (secondary N) is 1. The summed E-state index contributed by atoms with van der Waals surface area (Å²) >= 11 is 0. The molecule has 1 aromatic rings. The van der Waals surface area contributed by atoms with Crippen molar-refractivity contribution in [3.8, 4) is 0 Å². The molecule has 0 radical (unpaired) electrons. The van der Waals surface area contributed by atoms with E-state index in [1.165, 1.54) is 0 Å². The summed E-state index contributed by atoms with van der Waals surface area (Å²) in [5.41, 5.74) is 0.938. The van der Waals surface area contributed by atoms with Gasteiger partial charge >= 0.3 is 0 Å². The molecule has 17 heavy (non-hydrogen) atoms. The minimum atomic E-state index is -0.462. The lowest BCUT2D eigenvalue weighted by Gasteiger charge is -2.23. The molecule has 0 bridgehead atoms. The van der Waals surface area contributed by atoms with Gasteiger partial charge in [0.05, 0.1) is 18.8 Å². The summed E-state index contributed by atoms with van der Waals surface area (Å²) in [7, 11) is 0. The highest BCUT2D eigenvalue weighted by Gasteiger charge is 2.14. The minimum Gasteiger partial charge on any atom is -0.387 e. The molecule has 1 heterocycles. The molecule has 0 saturated carbocycles. The largest absolute Gasteiger partial charge is 0.387 e. The van der Waals surface area contributed by atoms with Crippen LogP contribution in [0.5, 0.6) is 0 Å². The summed E-state index contributed by atoms with van der Waals surface area (Å²) in [6.07, 6.45) is 0.650. The van der Waals surface area contributed by atoms with Crippen LogP contribution >= 0.6 is 0 Å². The molecule has 4 heteroatoms. The van der Waals surface area contributed by atoms with E-state index in [9.17, 15) is 5.11 Å². The van der Waals surface area contributed by atoms with Crippen LogP contribution in [0.25, 0.3) is 0 Å². The van der Waals surface area contributed by atoms with Gasteiger partial charge in [-0.05, 0) is 12.0 Å². The van der Waals surface area contributed by atoms with E-state index in [1.807, 2.05) is 30.3 Å². The molecule has 1 aliphatic rings. The maximum Gasteiger partial charge on any atom is 0.147 e. The van der Waals surface area contributed by atoms with Gasteiger partial charge in [0, 0.05) is 13.1 Å². The fourth-order valence-corrected chi connectivity index (χ4v) is 1.84. The van der Waals surface area contributed by atoms with Crippen molar-refractivity contribution in [2.75, 3.05) is 26.5 Å². The quantitative estimate of drug-likeness (QED) is 0.804. The lowest BCUT2D eigenvalue weighted by Crippen LogP contribution is -2.35. The summed E-state index contributed by atoms with van der Waals surface area (Å²) in [5, 5.41) is 13.1. The Morgan fingerprint density at radius 3 is 2.88 bits per heavy atom. The molecule has 0 spiro atoms. The summed E-state index contributed by atoms with van der Waals surface area (Å²) < 4.78 is 10.5. The van der Waals surface area contributed by atoms with Gasteiger partial charge in [0.25, 0.3) is 0 Å². The summed E-state index contributed by atoms with van der Waals surface area (Å²) in [6, 6.07) is 9.66. The number of hydrogen-bond donors (Lipinski definition) is 2. The predicted molar refractivity (Wildman–Crippen MR) is 64.6 cm³/mol. The van der Waals surface area contributed by atoms with Crippen molar-refractivity contribution in [3.05, 3.63) is 35.9 Å². The molecule has 0 aromatic heterocycles. The highest BCUT2D eigenvalue weighted by molar-refractivity contribution is 5.17. The van der Waals surface area contributed by atoms with Gasteiger partial charge in [-0.3, -0.25) is 0 Å². The van der Waals surface area contributed by atoms with Crippen LogP contribution in [-0.4, -0.2) is 37.7 Å². The van der Waals surface area contributed by atoms with Gasteiger partial charge in [-0.2, -0.15) is 0 Å². The molecule has 2 N–H and O–H groups in total. The van der Waals surface area contributed by atoms with Crippen molar-refractivity contribution in [2.45, 2.75) is 18.6 Å². The number of ether oxygens (including phenoxy) is 2. The van der Waals surface area contributed by atoms with Crippen LogP contribution in [0.4, 0.5) is 0 Å². The third kappa shape index (κ3) is 4.09. The number of rotatable bonds is 5. The molecule has 4 nitrogen and oxygen atoms in total. The number of aliphatic hydroxyl groups excluding tert-OH is 1. The van der Waals surface area contributed by atoms with Crippen LogP contribution in [0.3, 0.4) is 0 Å². The van der Waals surface area contributed by atoms with Crippen LogP contribution in [-0.2, 0) is 9.47 Å². The lowest BCUT2D eigenvalue weighted by atomic mass is 10.1. The van der Waals surface area contributed by atoms with Crippen molar-refractivity contribution in [2.24, 2.45) is 0 Å². The van der Waals surface area contributed by atoms with Gasteiger partial charge in [0.1, 0.15) is 6.79 Å². The normalized spacial score (nSPS) is 22.3. The predicted octanol–water partition coefficient (Wildman–Crippen LogP) is 1.07. The third-order valence-electron chi connectivity index (χ3n) is 2.87. The maximum absolute atomic E-state index is 9.92. The molecule has 1 aromatic carbocycles. The fourth-order valence-electron chi connectivity index (χ4n) is 1.84. The van der Waals surface area contributed by atoms with Crippen LogP contribution in [0.1, 0.15) is 18.1 Å². The first-order chi connectivity index (χ1) is 8.36. The molecule has 2 atom stereocenters. The monoisotopic (exact) mass is 237 g/mol. The molecule has 2 unspecified atom stereocenters. The number of hydrogen-bond acceptors (Lipinski definition) is 4. The van der Waals surface area contributed by atoms with Crippen molar-refractivity contribution in [3.63, 3.8) is 0 Å². The number of aliphatic hydroxyl groups is 1. The van der Waals surface area contributed by atoms with Gasteiger partial charge in [-0.25, -0.2) is 0 Å². The molecule has 1 aliphatic heterocycles. The van der Waals surface area contributed by atoms with E-state index in [1.54, 1.807) is 0 Å². The highest BCUT2D eigenvalue weighted by Crippen LogP contribution is 2.11. The SMILES string of the molecule is OC(CNCC1CCOCO1)c1ccccc1. The molecule has 0 aliphatic carbocycles. The molecular weight excluding hydrogens is 218 g/mol. The minimum absolute atomic E-state index is 0.201. The van der Waals surface area contributed by atoms with Crippen LogP contribution in [0, 0.1) is 0 Å². The van der Waals surface area contributed by atoms with E-state index in [-0.39, 0.29) is 6.10 Å². The first-order valence-electron chi connectivity index (χ1n) is 5.99. The summed E-state index contributed by atoms with van der Waals surface area (Å²) in [6.45, 7) is 2.44. The first-order valence-corrected chi connectivity index (χ1v) is 5.99. The average molecular weight is 237 g/mol. The van der Waals surface area contributed by atoms with E-state index in [0.717, 1.165) is 25.1 Å². The molecule has 1 fully saturated rings. The highest BCUT2D eigenvalue weighted by atomic mass is 16.7. The Hall–Kier alpha value is -0.940.